The molecular weight excluding hydrogens is 207 g/mol. The number of hydrogen-bond acceptors (Lipinski definition) is 1. The third-order valence-electron chi connectivity index (χ3n) is 1.31. The lowest BCUT2D eigenvalue weighted by Gasteiger charge is -2.03. The monoisotopic (exact) mass is 211 g/mol. The molecule has 1 aromatic rings. The maximum atomic E-state index is 12.2. The Morgan fingerprint density at radius 3 is 2.67 bits per heavy atom. The van der Waals surface area contributed by atoms with Crippen LogP contribution in [-0.4, -0.2) is 4.98 Å². The number of alkyl halides is 3. The van der Waals surface area contributed by atoms with Gasteiger partial charge in [0.25, 0.3) is 6.43 Å². The van der Waals surface area contributed by atoms with Crippen LogP contribution in [0.5, 0.6) is 0 Å². The normalized spacial score (nSPS) is 10.8. The Labute approximate surface area is 78.3 Å². The van der Waals surface area contributed by atoms with Crippen molar-refractivity contribution >= 4 is 23.2 Å². The highest BCUT2D eigenvalue weighted by molar-refractivity contribution is 6.31. The first-order chi connectivity index (χ1) is 5.65. The summed E-state index contributed by atoms with van der Waals surface area (Å²) in [5.74, 6) is 0.108. The summed E-state index contributed by atoms with van der Waals surface area (Å²) in [6.45, 7) is 0. The molecule has 5 heteroatoms. The van der Waals surface area contributed by atoms with E-state index in [0.29, 0.717) is 5.69 Å². The first-order valence-electron chi connectivity index (χ1n) is 3.13. The Hall–Kier alpha value is -0.410. The molecule has 1 aromatic heterocycles. The number of nitrogens with zero attached hydrogens (tertiary/aromatic N) is 1. The summed E-state index contributed by atoms with van der Waals surface area (Å²) in [6.07, 6.45) is -1.40. The fraction of sp³-hybridized carbons (Fsp3) is 0.286. The van der Waals surface area contributed by atoms with Crippen LogP contribution in [-0.2, 0) is 5.88 Å². The van der Waals surface area contributed by atoms with Gasteiger partial charge in [-0.3, -0.25) is 4.98 Å². The molecule has 0 unspecified atom stereocenters. The van der Waals surface area contributed by atoms with Crippen molar-refractivity contribution in [2.45, 2.75) is 12.3 Å². The van der Waals surface area contributed by atoms with E-state index in [9.17, 15) is 8.78 Å². The van der Waals surface area contributed by atoms with Gasteiger partial charge in [-0.05, 0) is 6.07 Å². The van der Waals surface area contributed by atoms with Gasteiger partial charge >= 0.3 is 0 Å². The number of halogens is 4. The van der Waals surface area contributed by atoms with Crippen molar-refractivity contribution in [3.8, 4) is 0 Å². The zero-order chi connectivity index (χ0) is 9.14. The molecule has 1 rings (SSSR count). The van der Waals surface area contributed by atoms with E-state index in [1.165, 1.54) is 12.3 Å². The highest BCUT2D eigenvalue weighted by atomic mass is 35.5. The fourth-order valence-electron chi connectivity index (χ4n) is 0.740. The molecule has 0 amide bonds. The maximum absolute atomic E-state index is 12.2. The minimum absolute atomic E-state index is 0.0288. The number of pyridine rings is 1. The zero-order valence-electron chi connectivity index (χ0n) is 5.90. The number of rotatable bonds is 2. The molecule has 0 radical (unpaired) electrons. The van der Waals surface area contributed by atoms with Crippen LogP contribution in [0.1, 0.15) is 17.7 Å². The second-order valence-electron chi connectivity index (χ2n) is 2.13. The molecule has 0 bridgehead atoms. The van der Waals surface area contributed by atoms with Gasteiger partial charge in [0.1, 0.15) is 0 Å². The molecule has 12 heavy (non-hydrogen) atoms. The Morgan fingerprint density at radius 2 is 2.17 bits per heavy atom. The zero-order valence-corrected chi connectivity index (χ0v) is 7.41. The molecule has 0 aliphatic rings. The largest absolute Gasteiger partial charge is 0.265 e. The molecule has 0 saturated heterocycles. The highest BCUT2D eigenvalue weighted by Gasteiger charge is 2.12. The van der Waals surface area contributed by atoms with Crippen molar-refractivity contribution < 1.29 is 8.78 Å². The minimum atomic E-state index is -2.58. The average Bonchev–Trinajstić information content (AvgIpc) is 2.05. The van der Waals surface area contributed by atoms with E-state index in [2.05, 4.69) is 4.98 Å². The highest BCUT2D eigenvalue weighted by Crippen LogP contribution is 2.26. The van der Waals surface area contributed by atoms with Crippen LogP contribution in [0.4, 0.5) is 8.78 Å². The predicted octanol–water partition coefficient (Wildman–Crippen LogP) is 3.41. The Kier molecular flexibility index (Phi) is 3.23. The van der Waals surface area contributed by atoms with Gasteiger partial charge in [0.05, 0.1) is 16.6 Å². The van der Waals surface area contributed by atoms with Crippen molar-refractivity contribution in [3.63, 3.8) is 0 Å². The van der Waals surface area contributed by atoms with Gasteiger partial charge < -0.3 is 0 Å². The van der Waals surface area contributed by atoms with E-state index in [1.54, 1.807) is 0 Å². The summed E-state index contributed by atoms with van der Waals surface area (Å²) >= 11 is 10.9. The quantitative estimate of drug-likeness (QED) is 0.684. The van der Waals surface area contributed by atoms with Crippen LogP contribution in [0.3, 0.4) is 0 Å². The molecule has 1 heterocycles. The minimum Gasteiger partial charge on any atom is -0.258 e. The SMILES string of the molecule is FC(F)c1cc(CCl)ncc1Cl. The molecule has 1 nitrogen and oxygen atoms in total. The summed E-state index contributed by atoms with van der Waals surface area (Å²) in [7, 11) is 0. The van der Waals surface area contributed by atoms with Gasteiger partial charge in [0.15, 0.2) is 0 Å². The molecule has 0 atom stereocenters. The van der Waals surface area contributed by atoms with Crippen molar-refractivity contribution in [3.05, 3.63) is 28.5 Å². The van der Waals surface area contributed by atoms with Crippen molar-refractivity contribution in [2.24, 2.45) is 0 Å². The van der Waals surface area contributed by atoms with Crippen LogP contribution >= 0.6 is 23.2 Å². The van der Waals surface area contributed by atoms with Gasteiger partial charge in [0, 0.05) is 11.8 Å². The molecule has 0 N–H and O–H groups in total. The molecule has 0 aliphatic carbocycles. The molecule has 0 spiro atoms. The molecule has 0 fully saturated rings. The van der Waals surface area contributed by atoms with Crippen molar-refractivity contribution in [1.29, 1.82) is 0 Å². The van der Waals surface area contributed by atoms with E-state index >= 15 is 0 Å². The van der Waals surface area contributed by atoms with Crippen molar-refractivity contribution in [1.82, 2.24) is 4.98 Å². The molecule has 0 saturated carbocycles. The second kappa shape index (κ2) is 4.01. The fourth-order valence-corrected chi connectivity index (χ4v) is 1.07. The van der Waals surface area contributed by atoms with E-state index in [-0.39, 0.29) is 16.5 Å². The molecule has 0 aromatic carbocycles. The smallest absolute Gasteiger partial charge is 0.258 e. The Morgan fingerprint density at radius 1 is 1.50 bits per heavy atom. The predicted molar refractivity (Wildman–Crippen MR) is 43.8 cm³/mol. The molecular formula is C7H5Cl2F2N. The lowest BCUT2D eigenvalue weighted by molar-refractivity contribution is 0.151. The maximum Gasteiger partial charge on any atom is 0.265 e. The first kappa shape index (κ1) is 9.68. The lowest BCUT2D eigenvalue weighted by atomic mass is 10.2. The van der Waals surface area contributed by atoms with Crippen LogP contribution in [0.25, 0.3) is 0 Å². The Bertz CT molecular complexity index is 278. The van der Waals surface area contributed by atoms with Gasteiger partial charge in [-0.15, -0.1) is 11.6 Å². The second-order valence-corrected chi connectivity index (χ2v) is 2.81. The lowest BCUT2D eigenvalue weighted by Crippen LogP contribution is -1.91. The topological polar surface area (TPSA) is 12.9 Å². The van der Waals surface area contributed by atoms with Crippen LogP contribution in [0, 0.1) is 0 Å². The summed E-state index contributed by atoms with van der Waals surface area (Å²) < 4.78 is 24.4. The van der Waals surface area contributed by atoms with E-state index < -0.39 is 6.43 Å². The summed E-state index contributed by atoms with van der Waals surface area (Å²) in [5, 5.41) is -0.0288. The van der Waals surface area contributed by atoms with Gasteiger partial charge in [-0.1, -0.05) is 11.6 Å². The van der Waals surface area contributed by atoms with Gasteiger partial charge in [-0.2, -0.15) is 0 Å². The van der Waals surface area contributed by atoms with E-state index in [1.807, 2.05) is 0 Å². The van der Waals surface area contributed by atoms with E-state index in [0.717, 1.165) is 0 Å². The summed E-state index contributed by atoms with van der Waals surface area (Å²) in [5.41, 5.74) is 0.179. The van der Waals surface area contributed by atoms with Crippen LogP contribution < -0.4 is 0 Å². The van der Waals surface area contributed by atoms with Crippen molar-refractivity contribution in [2.75, 3.05) is 0 Å². The third kappa shape index (κ3) is 2.05. The third-order valence-corrected chi connectivity index (χ3v) is 1.90. The Balaban J connectivity index is 3.08. The standard InChI is InChI=1S/C7H5Cl2F2N/c8-2-4-1-5(7(10)11)6(9)3-12-4/h1,3,7H,2H2. The van der Waals surface area contributed by atoms with E-state index in [4.69, 9.17) is 23.2 Å². The van der Waals surface area contributed by atoms with Gasteiger partial charge in [-0.25, -0.2) is 8.78 Å². The summed E-state index contributed by atoms with van der Waals surface area (Å²) in [6, 6.07) is 1.21. The number of aromatic nitrogens is 1. The molecule has 0 aliphatic heterocycles. The first-order valence-corrected chi connectivity index (χ1v) is 4.05. The average molecular weight is 212 g/mol. The molecule has 66 valence electrons. The number of hydrogen-bond donors (Lipinski definition) is 0. The van der Waals surface area contributed by atoms with Gasteiger partial charge in [0.2, 0.25) is 0 Å². The summed E-state index contributed by atoms with van der Waals surface area (Å²) in [4.78, 5) is 3.74. The van der Waals surface area contributed by atoms with Crippen LogP contribution in [0.2, 0.25) is 5.02 Å². The van der Waals surface area contributed by atoms with Crippen LogP contribution in [0.15, 0.2) is 12.3 Å².